The summed E-state index contributed by atoms with van der Waals surface area (Å²) in [7, 11) is 0. The van der Waals surface area contributed by atoms with Gasteiger partial charge in [0.1, 0.15) is 0 Å². The third-order valence-electron chi connectivity index (χ3n) is 1.75. The number of nitrogen functional groups attached to an aromatic ring is 1. The molecule has 0 radical (unpaired) electrons. The van der Waals surface area contributed by atoms with Crippen LogP contribution < -0.4 is 10.5 Å². The van der Waals surface area contributed by atoms with Crippen LogP contribution in [0.5, 0.6) is 5.75 Å². The van der Waals surface area contributed by atoms with E-state index >= 15 is 0 Å². The van der Waals surface area contributed by atoms with Crippen LogP contribution in [0, 0.1) is 20.2 Å². The summed E-state index contributed by atoms with van der Waals surface area (Å²) >= 11 is 0. The van der Waals surface area contributed by atoms with Crippen LogP contribution in [0.25, 0.3) is 0 Å². The Morgan fingerprint density at radius 1 is 1.25 bits per heavy atom. The SMILES string of the molecule is CCOc1c([N+](=O)[O-])cc(N)cc1[N+](=O)[O-]. The Morgan fingerprint density at radius 2 is 1.69 bits per heavy atom. The smallest absolute Gasteiger partial charge is 0.320 e. The predicted molar refractivity (Wildman–Crippen MR) is 55.3 cm³/mol. The summed E-state index contributed by atoms with van der Waals surface area (Å²) < 4.78 is 4.91. The van der Waals surface area contributed by atoms with Crippen molar-refractivity contribution in [2.45, 2.75) is 6.92 Å². The van der Waals surface area contributed by atoms with Gasteiger partial charge < -0.3 is 10.5 Å². The van der Waals surface area contributed by atoms with E-state index < -0.39 is 21.2 Å². The molecule has 0 atom stereocenters. The molecule has 0 bridgehead atoms. The Bertz CT molecular complexity index is 410. The fraction of sp³-hybridized carbons (Fsp3) is 0.250. The van der Waals surface area contributed by atoms with E-state index in [1.165, 1.54) is 0 Å². The number of hydrogen-bond donors (Lipinski definition) is 1. The van der Waals surface area contributed by atoms with Crippen LogP contribution in [0.2, 0.25) is 0 Å². The first kappa shape index (κ1) is 11.7. The summed E-state index contributed by atoms with van der Waals surface area (Å²) in [4.78, 5) is 19.8. The molecule has 0 amide bonds. The highest BCUT2D eigenvalue weighted by Crippen LogP contribution is 2.38. The van der Waals surface area contributed by atoms with Gasteiger partial charge in [0.25, 0.3) is 5.75 Å². The molecule has 0 aliphatic carbocycles. The van der Waals surface area contributed by atoms with Crippen LogP contribution in [0.15, 0.2) is 12.1 Å². The molecule has 86 valence electrons. The van der Waals surface area contributed by atoms with E-state index in [0.29, 0.717) is 0 Å². The van der Waals surface area contributed by atoms with Gasteiger partial charge in [0.05, 0.1) is 16.5 Å². The average Bonchev–Trinajstić information content (AvgIpc) is 2.19. The first-order valence-corrected chi connectivity index (χ1v) is 4.32. The molecule has 2 N–H and O–H groups in total. The van der Waals surface area contributed by atoms with E-state index in [9.17, 15) is 20.2 Å². The lowest BCUT2D eigenvalue weighted by atomic mass is 10.2. The first-order valence-electron chi connectivity index (χ1n) is 4.32. The van der Waals surface area contributed by atoms with Crippen molar-refractivity contribution in [2.75, 3.05) is 12.3 Å². The number of benzene rings is 1. The monoisotopic (exact) mass is 227 g/mol. The van der Waals surface area contributed by atoms with E-state index in [-0.39, 0.29) is 18.0 Å². The molecule has 1 aromatic carbocycles. The van der Waals surface area contributed by atoms with Gasteiger partial charge in [-0.15, -0.1) is 0 Å². The van der Waals surface area contributed by atoms with Gasteiger partial charge in [0.15, 0.2) is 0 Å². The molecule has 0 unspecified atom stereocenters. The summed E-state index contributed by atoms with van der Waals surface area (Å²) in [5, 5.41) is 21.3. The predicted octanol–water partition coefficient (Wildman–Crippen LogP) is 1.48. The van der Waals surface area contributed by atoms with Crippen molar-refractivity contribution < 1.29 is 14.6 Å². The number of ether oxygens (including phenoxy) is 1. The lowest BCUT2D eigenvalue weighted by molar-refractivity contribution is -0.395. The van der Waals surface area contributed by atoms with Crippen molar-refractivity contribution in [3.8, 4) is 5.75 Å². The van der Waals surface area contributed by atoms with E-state index in [0.717, 1.165) is 12.1 Å². The molecule has 1 aromatic rings. The normalized spacial score (nSPS) is 9.81. The first-order chi connectivity index (χ1) is 7.47. The molecule has 0 aliphatic heterocycles. The van der Waals surface area contributed by atoms with Gasteiger partial charge >= 0.3 is 11.4 Å². The molecule has 0 fully saturated rings. The van der Waals surface area contributed by atoms with Crippen LogP contribution in [-0.4, -0.2) is 16.5 Å². The molecular formula is C8H9N3O5. The molecular weight excluding hydrogens is 218 g/mol. The van der Waals surface area contributed by atoms with Gasteiger partial charge in [-0.05, 0) is 6.92 Å². The zero-order valence-corrected chi connectivity index (χ0v) is 8.37. The average molecular weight is 227 g/mol. The highest BCUT2D eigenvalue weighted by atomic mass is 16.6. The van der Waals surface area contributed by atoms with E-state index in [1.807, 2.05) is 0 Å². The maximum absolute atomic E-state index is 10.7. The number of nitro groups is 2. The third kappa shape index (κ3) is 2.16. The fourth-order valence-corrected chi connectivity index (χ4v) is 1.18. The van der Waals surface area contributed by atoms with Crippen molar-refractivity contribution in [3.05, 3.63) is 32.4 Å². The topological polar surface area (TPSA) is 122 Å². The maximum Gasteiger partial charge on any atom is 0.320 e. The number of anilines is 1. The van der Waals surface area contributed by atoms with Gasteiger partial charge in [0, 0.05) is 17.8 Å². The number of rotatable bonds is 4. The second-order valence-electron chi connectivity index (χ2n) is 2.84. The van der Waals surface area contributed by atoms with Crippen molar-refractivity contribution >= 4 is 17.1 Å². The lowest BCUT2D eigenvalue weighted by Gasteiger charge is -2.05. The third-order valence-corrected chi connectivity index (χ3v) is 1.75. The summed E-state index contributed by atoms with van der Waals surface area (Å²) in [6, 6.07) is 2.05. The van der Waals surface area contributed by atoms with Crippen LogP contribution in [-0.2, 0) is 0 Å². The lowest BCUT2D eigenvalue weighted by Crippen LogP contribution is -2.03. The number of hydrogen-bond acceptors (Lipinski definition) is 6. The number of nitrogens with two attached hydrogens (primary N) is 1. The Labute approximate surface area is 89.9 Å². The maximum atomic E-state index is 10.7. The van der Waals surface area contributed by atoms with Crippen molar-refractivity contribution in [2.24, 2.45) is 0 Å². The van der Waals surface area contributed by atoms with Gasteiger partial charge in [0.2, 0.25) is 0 Å². The molecule has 0 aliphatic rings. The minimum absolute atomic E-state index is 0.0538. The molecule has 0 spiro atoms. The quantitative estimate of drug-likeness (QED) is 0.472. The van der Waals surface area contributed by atoms with Crippen molar-refractivity contribution in [1.29, 1.82) is 0 Å². The Morgan fingerprint density at radius 3 is 2.00 bits per heavy atom. The minimum Gasteiger partial charge on any atom is -0.482 e. The van der Waals surface area contributed by atoms with E-state index in [1.54, 1.807) is 6.92 Å². The van der Waals surface area contributed by atoms with Crippen LogP contribution in [0.4, 0.5) is 17.1 Å². The zero-order chi connectivity index (χ0) is 12.3. The highest BCUT2D eigenvalue weighted by Gasteiger charge is 2.27. The van der Waals surface area contributed by atoms with Gasteiger partial charge in [-0.25, -0.2) is 0 Å². The van der Waals surface area contributed by atoms with Crippen LogP contribution in [0.3, 0.4) is 0 Å². The second-order valence-corrected chi connectivity index (χ2v) is 2.84. The highest BCUT2D eigenvalue weighted by molar-refractivity contribution is 5.67. The molecule has 1 rings (SSSR count). The van der Waals surface area contributed by atoms with Crippen LogP contribution >= 0.6 is 0 Å². The summed E-state index contributed by atoms with van der Waals surface area (Å²) in [5.74, 6) is -0.369. The summed E-state index contributed by atoms with van der Waals surface area (Å²) in [6.45, 7) is 1.66. The summed E-state index contributed by atoms with van der Waals surface area (Å²) in [6.07, 6.45) is 0. The number of nitrogens with zero attached hydrogens (tertiary/aromatic N) is 2. The van der Waals surface area contributed by atoms with E-state index in [4.69, 9.17) is 10.5 Å². The van der Waals surface area contributed by atoms with Crippen LogP contribution in [0.1, 0.15) is 6.92 Å². The molecule has 0 saturated carbocycles. The molecule has 0 saturated heterocycles. The van der Waals surface area contributed by atoms with Gasteiger partial charge in [-0.2, -0.15) is 0 Å². The van der Waals surface area contributed by atoms with Crippen molar-refractivity contribution in [3.63, 3.8) is 0 Å². The molecule has 8 heteroatoms. The van der Waals surface area contributed by atoms with Gasteiger partial charge in [-0.1, -0.05) is 0 Å². The van der Waals surface area contributed by atoms with Crippen molar-refractivity contribution in [1.82, 2.24) is 0 Å². The number of nitro benzene ring substituents is 2. The standard InChI is InChI=1S/C8H9N3O5/c1-2-16-8-6(10(12)13)3-5(9)4-7(8)11(14)15/h3-4H,2,9H2,1H3. The largest absolute Gasteiger partial charge is 0.482 e. The zero-order valence-electron chi connectivity index (χ0n) is 8.37. The van der Waals surface area contributed by atoms with E-state index in [2.05, 4.69) is 0 Å². The Kier molecular flexibility index (Phi) is 3.24. The fourth-order valence-electron chi connectivity index (χ4n) is 1.18. The summed E-state index contributed by atoms with van der Waals surface area (Å²) in [5.41, 5.74) is 4.27. The molecule has 0 heterocycles. The molecule has 8 nitrogen and oxygen atoms in total. The molecule has 16 heavy (non-hydrogen) atoms. The second kappa shape index (κ2) is 4.43. The Hall–Kier alpha value is -2.38. The Balaban J connectivity index is 3.47. The minimum atomic E-state index is -0.769. The molecule has 0 aromatic heterocycles. The van der Waals surface area contributed by atoms with Gasteiger partial charge in [-0.3, -0.25) is 20.2 Å².